The highest BCUT2D eigenvalue weighted by molar-refractivity contribution is 5.92. The number of hydrogen-bond acceptors (Lipinski definition) is 39. The zero-order chi connectivity index (χ0) is 101. The molecule has 0 bridgehead atoms. The van der Waals surface area contributed by atoms with Gasteiger partial charge in [0.15, 0.2) is 0 Å². The number of ether oxygens (including phenoxy) is 23. The number of nitrogens with zero attached hydrogens (tertiary/aromatic N) is 9. The maximum atomic E-state index is 14.4. The van der Waals surface area contributed by atoms with Crippen LogP contribution in [0.3, 0.4) is 0 Å². The second-order valence-corrected chi connectivity index (χ2v) is 29.9. The van der Waals surface area contributed by atoms with E-state index in [1.807, 2.05) is 0 Å². The van der Waals surface area contributed by atoms with Crippen LogP contribution in [0, 0.1) is 29.1 Å². The summed E-state index contributed by atoms with van der Waals surface area (Å²) in [6.45, 7) is 13.3. The largest absolute Gasteiger partial charge is 0.420 e. The molecule has 0 saturated carbocycles. The zero-order valence-corrected chi connectivity index (χ0v) is 80.1. The molecule has 6 amide bonds. The number of unbranched alkanes of at least 4 members (excludes halogenated alkanes) is 2. The molecule has 1 aromatic carbocycles. The van der Waals surface area contributed by atoms with Crippen molar-refractivity contribution in [2.24, 2.45) is 0 Å². The summed E-state index contributed by atoms with van der Waals surface area (Å²) < 4.78 is 198. The van der Waals surface area contributed by atoms with Gasteiger partial charge in [-0.05, 0) is 44.9 Å². The van der Waals surface area contributed by atoms with Crippen molar-refractivity contribution in [2.45, 2.75) is 129 Å². The van der Waals surface area contributed by atoms with E-state index in [0.717, 1.165) is 0 Å². The van der Waals surface area contributed by atoms with Crippen LogP contribution in [0.25, 0.3) is 0 Å². The Bertz CT molecular complexity index is 3760. The number of amides is 6. The number of carbonyl (C=O) groups excluding carboxylic acids is 7. The first kappa shape index (κ1) is 124. The molecule has 0 aliphatic heterocycles. The second kappa shape index (κ2) is 87.2. The third kappa shape index (κ3) is 67.2. The summed E-state index contributed by atoms with van der Waals surface area (Å²) in [6, 6.07) is -2.29. The fourth-order valence-electron chi connectivity index (χ4n) is 11.5. The van der Waals surface area contributed by atoms with Crippen molar-refractivity contribution in [2.75, 3.05) is 317 Å². The molecular formula is C87H146F5N15O33. The fraction of sp³-hybridized carbons (Fsp3) is 0.782. The Hall–Kier alpha value is -8.42. The van der Waals surface area contributed by atoms with Crippen molar-refractivity contribution in [3.05, 3.63) is 64.8 Å². The van der Waals surface area contributed by atoms with Gasteiger partial charge in [0.05, 0.1) is 355 Å². The Morgan fingerprint density at radius 2 is 0.543 bits per heavy atom. The van der Waals surface area contributed by atoms with Gasteiger partial charge in [0.1, 0.15) is 29.2 Å². The minimum absolute atomic E-state index is 0.00477. The molecule has 0 aliphatic rings. The molecule has 0 spiro atoms. The lowest BCUT2D eigenvalue weighted by atomic mass is 10.0. The number of aliphatic hydroxyl groups is 3. The Kier molecular flexibility index (Phi) is 77.1. The van der Waals surface area contributed by atoms with Gasteiger partial charge in [-0.25, -0.2) is 27.2 Å². The molecular weight excluding hydrogens is 1880 g/mol. The lowest BCUT2D eigenvalue weighted by Crippen LogP contribution is -2.54. The van der Waals surface area contributed by atoms with E-state index in [1.54, 1.807) is 32.6 Å². The van der Waals surface area contributed by atoms with E-state index in [1.165, 1.54) is 0 Å². The van der Waals surface area contributed by atoms with Crippen molar-refractivity contribution in [3.8, 4) is 5.75 Å². The first-order valence-electron chi connectivity index (χ1n) is 47.1. The fourth-order valence-corrected chi connectivity index (χ4v) is 11.5. The monoisotopic (exact) mass is 2020 g/mol. The molecule has 53 heteroatoms. The Balaban J connectivity index is 1.22. The predicted octanol–water partition coefficient (Wildman–Crippen LogP) is -0.880. The van der Waals surface area contributed by atoms with Crippen molar-refractivity contribution in [1.29, 1.82) is 0 Å². The van der Waals surface area contributed by atoms with Crippen LogP contribution in [0.4, 0.5) is 22.0 Å². The highest BCUT2D eigenvalue weighted by Crippen LogP contribution is 2.29. The van der Waals surface area contributed by atoms with Gasteiger partial charge in [-0.1, -0.05) is 15.6 Å². The van der Waals surface area contributed by atoms with Crippen LogP contribution >= 0.6 is 0 Å². The van der Waals surface area contributed by atoms with Gasteiger partial charge < -0.3 is 156 Å². The maximum absolute atomic E-state index is 14.4. The molecule has 0 radical (unpaired) electrons. The van der Waals surface area contributed by atoms with Crippen molar-refractivity contribution < 1.29 is 180 Å². The molecule has 3 aromatic heterocycles. The van der Waals surface area contributed by atoms with E-state index in [-0.39, 0.29) is 261 Å². The molecule has 0 saturated heterocycles. The van der Waals surface area contributed by atoms with Crippen LogP contribution in [0.15, 0.2) is 18.6 Å². The third-order valence-electron chi connectivity index (χ3n) is 18.7. The summed E-state index contributed by atoms with van der Waals surface area (Å²) in [5, 5.41) is 67.8. The quantitative estimate of drug-likeness (QED) is 0.00647. The van der Waals surface area contributed by atoms with Gasteiger partial charge in [0.2, 0.25) is 70.3 Å². The van der Waals surface area contributed by atoms with E-state index in [2.05, 4.69) is 67.6 Å². The molecule has 9 N–H and O–H groups in total. The number of halogens is 5. The molecule has 4 rings (SSSR count). The average molecular weight is 2030 g/mol. The molecule has 0 fully saturated rings. The number of aliphatic hydroxyl groups excluding tert-OH is 3. The third-order valence-corrected chi connectivity index (χ3v) is 18.7. The average Bonchev–Trinajstić information content (AvgIpc) is 0.984. The number of hydrogen-bond donors (Lipinski definition) is 9. The summed E-state index contributed by atoms with van der Waals surface area (Å²) in [7, 11) is 0. The van der Waals surface area contributed by atoms with Crippen molar-refractivity contribution in [1.82, 2.24) is 76.9 Å². The van der Waals surface area contributed by atoms with E-state index >= 15 is 0 Å². The van der Waals surface area contributed by atoms with Crippen molar-refractivity contribution >= 4 is 41.4 Å². The Labute approximate surface area is 811 Å². The molecule has 140 heavy (non-hydrogen) atoms. The molecule has 802 valence electrons. The minimum Gasteiger partial charge on any atom is -0.420 e. The van der Waals surface area contributed by atoms with Gasteiger partial charge in [-0.2, -0.15) is 8.78 Å². The smallest absolute Gasteiger partial charge is 0.313 e. The maximum Gasteiger partial charge on any atom is 0.313 e. The summed E-state index contributed by atoms with van der Waals surface area (Å²) in [5.74, 6) is -17.2. The van der Waals surface area contributed by atoms with Crippen LogP contribution < -0.4 is 36.6 Å². The van der Waals surface area contributed by atoms with Gasteiger partial charge in [-0.15, -0.1) is 15.3 Å². The van der Waals surface area contributed by atoms with Crippen LogP contribution in [0.1, 0.15) is 94.1 Å². The first-order valence-corrected chi connectivity index (χ1v) is 47.1. The lowest BCUT2D eigenvalue weighted by Gasteiger charge is -2.23. The normalized spacial score (nSPS) is 11.9. The van der Waals surface area contributed by atoms with Crippen LogP contribution in [0.5, 0.6) is 5.75 Å². The van der Waals surface area contributed by atoms with Crippen LogP contribution in [-0.4, -0.2) is 431 Å². The standard InChI is InChI=1S/C87H146F5N15O33/c88-80-81(89)83(91)85(84(92)82(80)90)140-79(115)12-26-121-37-45-129-50-51-130-46-38-122-27-16-96-86(116)73(6-1-3-13-93-75(111)9-23-118-34-39-123-28-17-105-64-70(99-102-105)67-137-61-58-134-55-52-131-47-42-126-31-20-108)98-87(117)74(7-2-4-14-94-76(112)10-24-119-35-40-124-29-18-106-65-71(100-103-106)68-138-62-59-135-56-53-132-48-43-127-32-21-109)97-78(114)8-5-15-95-77(113)11-25-120-36-41-125-30-19-107-66-72(101-104-107)69-139-63-60-136-57-54-133-49-44-128-33-22-110/h64-66,73-74,108-110H,1-63,67-69H2,(H,93,111)(H,94,112)(H,95,113)(H,96,116)(H,97,114)(H,98,117)/t73-,74-/m0/s1. The summed E-state index contributed by atoms with van der Waals surface area (Å²) in [4.78, 5) is 92.7. The summed E-state index contributed by atoms with van der Waals surface area (Å²) in [6.07, 6.45) is 6.63. The summed E-state index contributed by atoms with van der Waals surface area (Å²) in [5.41, 5.74) is 1.92. The van der Waals surface area contributed by atoms with Gasteiger partial charge in [0.25, 0.3) is 0 Å². The van der Waals surface area contributed by atoms with Crippen LogP contribution in [0.2, 0.25) is 0 Å². The SMILES string of the molecule is O=C(CCOCCOCCn1cc(COCCOCCOCCOCCO)nn1)NCCCC[C@H](NC(=O)CCCNC(=O)CCOCCOCCn1cc(COCCOCCOCCOCCO)nn1)C(=O)N[C@@H](CCCCNC(=O)CCOCCOCCn1cc(COCCOCCOCCOCCO)nn1)C(=O)NCCOCCOCCOCCOCCC(=O)Oc1c(F)c(F)c(F)c(F)c1F. The number of rotatable bonds is 100. The topological polar surface area (TPSA) is 557 Å². The van der Waals surface area contributed by atoms with Crippen molar-refractivity contribution in [3.63, 3.8) is 0 Å². The predicted molar refractivity (Wildman–Crippen MR) is 479 cm³/mol. The van der Waals surface area contributed by atoms with Gasteiger partial charge in [-0.3, -0.25) is 33.6 Å². The van der Waals surface area contributed by atoms with E-state index < -0.39 is 77.0 Å². The van der Waals surface area contributed by atoms with E-state index in [9.17, 15) is 55.5 Å². The highest BCUT2D eigenvalue weighted by atomic mass is 19.2. The minimum atomic E-state index is -2.40. The number of esters is 1. The Morgan fingerprint density at radius 3 is 0.871 bits per heavy atom. The van der Waals surface area contributed by atoms with E-state index in [0.29, 0.717) is 201 Å². The number of benzene rings is 1. The number of carbonyl (C=O) groups is 7. The molecule has 2 atom stereocenters. The van der Waals surface area contributed by atoms with Crippen LogP contribution in [-0.2, 0) is 177 Å². The molecule has 4 aromatic rings. The molecule has 3 heterocycles. The lowest BCUT2D eigenvalue weighted by molar-refractivity contribution is -0.136. The first-order chi connectivity index (χ1) is 68.5. The second-order valence-electron chi connectivity index (χ2n) is 29.9. The number of nitrogens with one attached hydrogen (secondary N) is 6. The number of aromatic nitrogens is 9. The zero-order valence-electron chi connectivity index (χ0n) is 80.1. The van der Waals surface area contributed by atoms with Gasteiger partial charge >= 0.3 is 5.97 Å². The molecule has 0 aliphatic carbocycles. The molecule has 48 nitrogen and oxygen atoms in total. The Morgan fingerprint density at radius 1 is 0.271 bits per heavy atom. The highest BCUT2D eigenvalue weighted by Gasteiger charge is 2.30. The molecule has 0 unspecified atom stereocenters. The summed E-state index contributed by atoms with van der Waals surface area (Å²) >= 11 is 0. The van der Waals surface area contributed by atoms with E-state index in [4.69, 9.17) is 120 Å². The van der Waals surface area contributed by atoms with Gasteiger partial charge in [0, 0.05) is 51.9 Å².